The van der Waals surface area contributed by atoms with Crippen molar-refractivity contribution in [3.63, 3.8) is 0 Å². The summed E-state index contributed by atoms with van der Waals surface area (Å²) in [5.74, 6) is -0.765. The molecule has 30 heavy (non-hydrogen) atoms. The molecular weight excluding hydrogens is 408 g/mol. The molecule has 4 N–H and O–H groups in total. The first-order valence-corrected chi connectivity index (χ1v) is 9.71. The Hall–Kier alpha value is -3.45. The minimum atomic E-state index is -0.675. The molecule has 7 nitrogen and oxygen atoms in total. The van der Waals surface area contributed by atoms with E-state index in [4.69, 9.17) is 16.0 Å². The molecule has 0 radical (unpaired) electrons. The van der Waals surface area contributed by atoms with Crippen LogP contribution in [0.1, 0.15) is 16.7 Å². The lowest BCUT2D eigenvalue weighted by Gasteiger charge is -2.10. The number of halogens is 1. The van der Waals surface area contributed by atoms with E-state index in [2.05, 4.69) is 10.3 Å². The Morgan fingerprint density at radius 1 is 1.23 bits per heavy atom. The van der Waals surface area contributed by atoms with Gasteiger partial charge < -0.3 is 24.9 Å². The van der Waals surface area contributed by atoms with Gasteiger partial charge in [0.15, 0.2) is 0 Å². The van der Waals surface area contributed by atoms with E-state index in [1.807, 2.05) is 24.4 Å². The van der Waals surface area contributed by atoms with E-state index < -0.39 is 5.63 Å². The molecule has 4 rings (SSSR count). The maximum atomic E-state index is 12.4. The van der Waals surface area contributed by atoms with E-state index in [0.717, 1.165) is 22.5 Å². The van der Waals surface area contributed by atoms with Crippen molar-refractivity contribution in [1.82, 2.24) is 10.3 Å². The van der Waals surface area contributed by atoms with Crippen LogP contribution in [0.3, 0.4) is 0 Å². The summed E-state index contributed by atoms with van der Waals surface area (Å²) >= 11 is 6.06. The van der Waals surface area contributed by atoms with Crippen LogP contribution in [0.4, 0.5) is 0 Å². The third-order valence-electron chi connectivity index (χ3n) is 5.13. The van der Waals surface area contributed by atoms with Crippen molar-refractivity contribution in [2.24, 2.45) is 0 Å². The molecule has 0 aliphatic heterocycles. The number of phenolic OH excluding ortho intramolecular Hbond substituents is 2. The molecular formula is C22H19ClN2O5. The van der Waals surface area contributed by atoms with Crippen molar-refractivity contribution < 1.29 is 19.4 Å². The lowest BCUT2D eigenvalue weighted by atomic mass is 10.0. The molecule has 1 amide bonds. The molecule has 2 aromatic heterocycles. The molecule has 8 heteroatoms. The number of benzene rings is 2. The maximum Gasteiger partial charge on any atom is 0.340 e. The van der Waals surface area contributed by atoms with Gasteiger partial charge in [-0.25, -0.2) is 4.79 Å². The largest absolute Gasteiger partial charge is 0.508 e. The number of fused-ring (bicyclic) bond motifs is 2. The highest BCUT2D eigenvalue weighted by Gasteiger charge is 2.18. The summed E-state index contributed by atoms with van der Waals surface area (Å²) in [5, 5.41) is 24.4. The summed E-state index contributed by atoms with van der Waals surface area (Å²) in [5.41, 5.74) is 2.00. The number of aromatic amines is 1. The van der Waals surface area contributed by atoms with Crippen LogP contribution < -0.4 is 10.9 Å². The summed E-state index contributed by atoms with van der Waals surface area (Å²) in [6.07, 6.45) is 2.30. The SMILES string of the molecule is Cc1c(CC(=O)NCCc2c[nH]c3ccc(Cl)cc23)c(=O)oc2cc(O)cc(O)c12. The Bertz CT molecular complexity index is 1340. The van der Waals surface area contributed by atoms with E-state index in [1.165, 1.54) is 6.07 Å². The molecule has 0 spiro atoms. The van der Waals surface area contributed by atoms with Gasteiger partial charge in [0.05, 0.1) is 17.4 Å². The fourth-order valence-electron chi connectivity index (χ4n) is 3.63. The van der Waals surface area contributed by atoms with Crippen LogP contribution in [-0.2, 0) is 17.6 Å². The number of amides is 1. The fraction of sp³-hybridized carbons (Fsp3) is 0.182. The molecule has 2 aromatic carbocycles. The topological polar surface area (TPSA) is 116 Å². The van der Waals surface area contributed by atoms with Crippen LogP contribution in [0.2, 0.25) is 5.02 Å². The third-order valence-corrected chi connectivity index (χ3v) is 5.36. The number of rotatable bonds is 5. The van der Waals surface area contributed by atoms with Crippen molar-refractivity contribution >= 4 is 39.4 Å². The second kappa shape index (κ2) is 7.76. The minimum Gasteiger partial charge on any atom is -0.508 e. The first-order chi connectivity index (χ1) is 14.3. The Balaban J connectivity index is 1.48. The number of nitrogens with one attached hydrogen (secondary N) is 2. The average molecular weight is 427 g/mol. The molecule has 0 fully saturated rings. The Labute approximate surface area is 175 Å². The van der Waals surface area contributed by atoms with Crippen molar-refractivity contribution in [2.45, 2.75) is 19.8 Å². The maximum absolute atomic E-state index is 12.4. The van der Waals surface area contributed by atoms with E-state index in [0.29, 0.717) is 28.9 Å². The van der Waals surface area contributed by atoms with Crippen molar-refractivity contribution in [1.29, 1.82) is 0 Å². The fourth-order valence-corrected chi connectivity index (χ4v) is 3.80. The summed E-state index contributed by atoms with van der Waals surface area (Å²) in [6.45, 7) is 2.02. The number of aryl methyl sites for hydroxylation is 1. The number of aromatic nitrogens is 1. The van der Waals surface area contributed by atoms with E-state index >= 15 is 0 Å². The van der Waals surface area contributed by atoms with Gasteiger partial charge in [-0.05, 0) is 42.7 Å². The Morgan fingerprint density at radius 3 is 2.83 bits per heavy atom. The van der Waals surface area contributed by atoms with E-state index in [9.17, 15) is 19.8 Å². The standard InChI is InChI=1S/C22H19ClN2O5/c1-11-15(22(29)30-19-8-14(26)7-18(27)21(11)19)9-20(28)24-5-4-12-10-25-17-3-2-13(23)6-16(12)17/h2-3,6-8,10,25-27H,4-5,9H2,1H3,(H,24,28). The summed E-state index contributed by atoms with van der Waals surface area (Å²) in [7, 11) is 0. The summed E-state index contributed by atoms with van der Waals surface area (Å²) in [4.78, 5) is 27.9. The van der Waals surface area contributed by atoms with Crippen LogP contribution in [0.25, 0.3) is 21.9 Å². The molecule has 0 aliphatic rings. The highest BCUT2D eigenvalue weighted by Crippen LogP contribution is 2.32. The average Bonchev–Trinajstić information content (AvgIpc) is 3.06. The normalized spacial score (nSPS) is 11.3. The molecule has 0 unspecified atom stereocenters. The quantitative estimate of drug-likeness (QED) is 0.364. The van der Waals surface area contributed by atoms with Gasteiger partial charge in [0, 0.05) is 40.8 Å². The van der Waals surface area contributed by atoms with Gasteiger partial charge in [-0.15, -0.1) is 0 Å². The Kier molecular flexibility index (Phi) is 5.13. The molecule has 2 heterocycles. The number of H-pyrrole nitrogens is 1. The summed E-state index contributed by atoms with van der Waals surface area (Å²) < 4.78 is 5.19. The number of hydrogen-bond acceptors (Lipinski definition) is 5. The van der Waals surface area contributed by atoms with Crippen molar-refractivity contribution in [2.75, 3.05) is 6.54 Å². The predicted octanol–water partition coefficient (Wildman–Crippen LogP) is 3.55. The smallest absolute Gasteiger partial charge is 0.340 e. The molecule has 0 aliphatic carbocycles. The number of phenols is 2. The number of carbonyl (C=O) groups excluding carboxylic acids is 1. The van der Waals surface area contributed by atoms with E-state index in [-0.39, 0.29) is 35.0 Å². The molecule has 0 saturated heterocycles. The van der Waals surface area contributed by atoms with Crippen LogP contribution >= 0.6 is 11.6 Å². The van der Waals surface area contributed by atoms with Gasteiger partial charge in [0.2, 0.25) is 5.91 Å². The zero-order valence-electron chi connectivity index (χ0n) is 16.1. The van der Waals surface area contributed by atoms with Gasteiger partial charge in [-0.3, -0.25) is 4.79 Å². The van der Waals surface area contributed by atoms with Crippen LogP contribution in [-0.4, -0.2) is 27.6 Å². The van der Waals surface area contributed by atoms with Gasteiger partial charge in [-0.2, -0.15) is 0 Å². The number of hydrogen-bond donors (Lipinski definition) is 4. The molecule has 0 saturated carbocycles. The van der Waals surface area contributed by atoms with Crippen LogP contribution in [0.15, 0.2) is 45.7 Å². The zero-order valence-corrected chi connectivity index (χ0v) is 16.8. The first-order valence-electron chi connectivity index (χ1n) is 9.34. The highest BCUT2D eigenvalue weighted by molar-refractivity contribution is 6.31. The van der Waals surface area contributed by atoms with Gasteiger partial charge in [-0.1, -0.05) is 11.6 Å². The predicted molar refractivity (Wildman–Crippen MR) is 114 cm³/mol. The van der Waals surface area contributed by atoms with Crippen LogP contribution in [0, 0.1) is 6.92 Å². The third kappa shape index (κ3) is 3.71. The monoisotopic (exact) mass is 426 g/mol. The molecule has 4 aromatic rings. The molecule has 0 atom stereocenters. The van der Waals surface area contributed by atoms with E-state index in [1.54, 1.807) is 6.92 Å². The number of carbonyl (C=O) groups is 1. The van der Waals surface area contributed by atoms with Crippen molar-refractivity contribution in [3.05, 3.63) is 68.7 Å². The molecule has 0 bridgehead atoms. The van der Waals surface area contributed by atoms with Gasteiger partial charge in [0.25, 0.3) is 0 Å². The first kappa shape index (κ1) is 19.8. The van der Waals surface area contributed by atoms with Crippen LogP contribution in [0.5, 0.6) is 11.5 Å². The molecule has 154 valence electrons. The second-order valence-electron chi connectivity index (χ2n) is 7.11. The van der Waals surface area contributed by atoms with Crippen molar-refractivity contribution in [3.8, 4) is 11.5 Å². The lowest BCUT2D eigenvalue weighted by Crippen LogP contribution is -2.29. The zero-order chi connectivity index (χ0) is 21.4. The van der Waals surface area contributed by atoms with Gasteiger partial charge >= 0.3 is 5.63 Å². The number of aromatic hydroxyl groups is 2. The van der Waals surface area contributed by atoms with Gasteiger partial charge in [0.1, 0.15) is 17.1 Å². The Morgan fingerprint density at radius 2 is 2.03 bits per heavy atom. The minimum absolute atomic E-state index is 0.0668. The highest BCUT2D eigenvalue weighted by atomic mass is 35.5. The lowest BCUT2D eigenvalue weighted by molar-refractivity contribution is -0.120. The second-order valence-corrected chi connectivity index (χ2v) is 7.55. The summed E-state index contributed by atoms with van der Waals surface area (Å²) in [6, 6.07) is 7.99.